The molecular formula is C15H21N. The molecule has 1 heteroatoms. The number of nitrogens with two attached hydrogens (primary N) is 1. The van der Waals surface area contributed by atoms with Gasteiger partial charge in [-0.1, -0.05) is 24.6 Å². The summed E-state index contributed by atoms with van der Waals surface area (Å²) in [6, 6.07) is 7.08. The van der Waals surface area contributed by atoms with Gasteiger partial charge in [0.15, 0.2) is 0 Å². The van der Waals surface area contributed by atoms with Crippen LogP contribution in [-0.2, 0) is 19.3 Å². The number of hydrogen-bond acceptors (Lipinski definition) is 1. The smallest absolute Gasteiger partial charge is 0.0196 e. The van der Waals surface area contributed by atoms with Gasteiger partial charge in [-0.15, -0.1) is 0 Å². The molecule has 0 spiro atoms. The average Bonchev–Trinajstić information content (AvgIpc) is 3.01. The molecule has 86 valence electrons. The van der Waals surface area contributed by atoms with Crippen LogP contribution in [0.4, 0.5) is 0 Å². The van der Waals surface area contributed by atoms with Gasteiger partial charge in [-0.2, -0.15) is 0 Å². The Morgan fingerprint density at radius 3 is 2.50 bits per heavy atom. The Balaban J connectivity index is 1.83. The molecule has 0 amide bonds. The molecule has 0 atom stereocenters. The molecule has 2 aliphatic rings. The maximum absolute atomic E-state index is 6.19. The third-order valence-electron chi connectivity index (χ3n) is 4.11. The molecule has 2 N–H and O–H groups in total. The van der Waals surface area contributed by atoms with E-state index in [1.165, 1.54) is 50.5 Å². The summed E-state index contributed by atoms with van der Waals surface area (Å²) in [5.41, 5.74) is 11.0. The maximum atomic E-state index is 6.19. The highest BCUT2D eigenvalue weighted by Gasteiger charge is 2.37. The number of hydrogen-bond donors (Lipinski definition) is 1. The minimum absolute atomic E-state index is 0.152. The molecule has 3 rings (SSSR count). The van der Waals surface area contributed by atoms with E-state index in [4.69, 9.17) is 5.73 Å². The van der Waals surface area contributed by atoms with Crippen LogP contribution in [0, 0.1) is 0 Å². The van der Waals surface area contributed by atoms with Gasteiger partial charge < -0.3 is 5.73 Å². The van der Waals surface area contributed by atoms with Crippen LogP contribution < -0.4 is 5.73 Å². The SMILES string of the molecule is NC1(Cc2ccc3c(c2)CCCCC3)CC1. The highest BCUT2D eigenvalue weighted by atomic mass is 14.8. The lowest BCUT2D eigenvalue weighted by Crippen LogP contribution is -2.24. The summed E-state index contributed by atoms with van der Waals surface area (Å²) in [6.07, 6.45) is 10.2. The Bertz CT molecular complexity index is 390. The summed E-state index contributed by atoms with van der Waals surface area (Å²) in [5, 5.41) is 0. The molecule has 0 bridgehead atoms. The molecular weight excluding hydrogens is 194 g/mol. The molecule has 0 radical (unpaired) electrons. The Labute approximate surface area is 98.0 Å². The lowest BCUT2D eigenvalue weighted by molar-refractivity contribution is 0.671. The van der Waals surface area contributed by atoms with E-state index >= 15 is 0 Å². The van der Waals surface area contributed by atoms with Crippen LogP contribution in [0.1, 0.15) is 48.8 Å². The number of benzene rings is 1. The van der Waals surface area contributed by atoms with Crippen molar-refractivity contribution in [3.05, 3.63) is 34.9 Å². The van der Waals surface area contributed by atoms with E-state index in [2.05, 4.69) is 18.2 Å². The summed E-state index contributed by atoms with van der Waals surface area (Å²) in [6.45, 7) is 0. The van der Waals surface area contributed by atoms with Gasteiger partial charge in [-0.05, 0) is 61.6 Å². The summed E-state index contributed by atoms with van der Waals surface area (Å²) in [4.78, 5) is 0. The van der Waals surface area contributed by atoms with Gasteiger partial charge >= 0.3 is 0 Å². The second kappa shape index (κ2) is 3.89. The average molecular weight is 215 g/mol. The predicted octanol–water partition coefficient (Wildman–Crippen LogP) is 2.99. The topological polar surface area (TPSA) is 26.0 Å². The Morgan fingerprint density at radius 1 is 1.00 bits per heavy atom. The fourth-order valence-electron chi connectivity index (χ4n) is 2.82. The van der Waals surface area contributed by atoms with Crippen LogP contribution in [0.5, 0.6) is 0 Å². The first-order chi connectivity index (χ1) is 7.75. The van der Waals surface area contributed by atoms with Gasteiger partial charge in [0.1, 0.15) is 0 Å². The first kappa shape index (κ1) is 10.3. The molecule has 1 aromatic rings. The zero-order valence-electron chi connectivity index (χ0n) is 9.97. The number of rotatable bonds is 2. The molecule has 1 fully saturated rings. The molecule has 0 unspecified atom stereocenters. The van der Waals surface area contributed by atoms with E-state index in [1.807, 2.05) is 0 Å². The third kappa shape index (κ3) is 2.15. The van der Waals surface area contributed by atoms with Crippen molar-refractivity contribution in [2.24, 2.45) is 5.73 Å². The van der Waals surface area contributed by atoms with Crippen LogP contribution in [0.2, 0.25) is 0 Å². The normalized spacial score (nSPS) is 22.3. The molecule has 1 aromatic carbocycles. The van der Waals surface area contributed by atoms with Gasteiger partial charge in [0.2, 0.25) is 0 Å². The largest absolute Gasteiger partial charge is 0.325 e. The third-order valence-corrected chi connectivity index (χ3v) is 4.11. The first-order valence-corrected chi connectivity index (χ1v) is 6.65. The van der Waals surface area contributed by atoms with Gasteiger partial charge in [0.05, 0.1) is 0 Å². The highest BCUT2D eigenvalue weighted by Crippen LogP contribution is 2.36. The van der Waals surface area contributed by atoms with E-state index in [-0.39, 0.29) is 5.54 Å². The number of aryl methyl sites for hydroxylation is 2. The summed E-state index contributed by atoms with van der Waals surface area (Å²) in [5.74, 6) is 0. The van der Waals surface area contributed by atoms with Crippen molar-refractivity contribution in [3.8, 4) is 0 Å². The van der Waals surface area contributed by atoms with Crippen LogP contribution >= 0.6 is 0 Å². The fourth-order valence-corrected chi connectivity index (χ4v) is 2.82. The van der Waals surface area contributed by atoms with Crippen molar-refractivity contribution in [2.75, 3.05) is 0 Å². The van der Waals surface area contributed by atoms with Crippen molar-refractivity contribution < 1.29 is 0 Å². The maximum Gasteiger partial charge on any atom is 0.0196 e. The summed E-state index contributed by atoms with van der Waals surface area (Å²) in [7, 11) is 0. The highest BCUT2D eigenvalue weighted by molar-refractivity contribution is 5.34. The van der Waals surface area contributed by atoms with E-state index in [9.17, 15) is 0 Å². The van der Waals surface area contributed by atoms with E-state index in [0.29, 0.717) is 0 Å². The van der Waals surface area contributed by atoms with Crippen LogP contribution in [0.3, 0.4) is 0 Å². The standard InChI is InChI=1S/C15H21N/c16-15(8-9-15)11-12-6-7-13-4-2-1-3-5-14(13)10-12/h6-7,10H,1-5,8-9,11,16H2. The zero-order valence-corrected chi connectivity index (χ0v) is 9.97. The molecule has 0 saturated heterocycles. The quantitative estimate of drug-likeness (QED) is 0.754. The Hall–Kier alpha value is -0.820. The van der Waals surface area contributed by atoms with Gasteiger partial charge in [-0.3, -0.25) is 0 Å². The van der Waals surface area contributed by atoms with Gasteiger partial charge in [0, 0.05) is 5.54 Å². The van der Waals surface area contributed by atoms with Gasteiger partial charge in [-0.25, -0.2) is 0 Å². The van der Waals surface area contributed by atoms with Crippen LogP contribution in [0.15, 0.2) is 18.2 Å². The Morgan fingerprint density at radius 2 is 1.75 bits per heavy atom. The summed E-state index contributed by atoms with van der Waals surface area (Å²) < 4.78 is 0. The number of fused-ring (bicyclic) bond motifs is 1. The Kier molecular flexibility index (Phi) is 2.51. The second-order valence-electron chi connectivity index (χ2n) is 5.70. The molecule has 1 saturated carbocycles. The molecule has 16 heavy (non-hydrogen) atoms. The second-order valence-corrected chi connectivity index (χ2v) is 5.70. The van der Waals surface area contributed by atoms with Crippen molar-refractivity contribution in [1.29, 1.82) is 0 Å². The zero-order chi connectivity index (χ0) is 11.0. The molecule has 0 aromatic heterocycles. The fraction of sp³-hybridized carbons (Fsp3) is 0.600. The van der Waals surface area contributed by atoms with E-state index < -0.39 is 0 Å². The van der Waals surface area contributed by atoms with Crippen LogP contribution in [-0.4, -0.2) is 5.54 Å². The van der Waals surface area contributed by atoms with E-state index in [0.717, 1.165) is 6.42 Å². The van der Waals surface area contributed by atoms with Crippen molar-refractivity contribution in [1.82, 2.24) is 0 Å². The molecule has 2 aliphatic carbocycles. The molecule has 0 aliphatic heterocycles. The van der Waals surface area contributed by atoms with Crippen molar-refractivity contribution in [2.45, 2.75) is 56.9 Å². The lowest BCUT2D eigenvalue weighted by Gasteiger charge is -2.12. The molecule has 1 nitrogen and oxygen atoms in total. The van der Waals surface area contributed by atoms with Crippen molar-refractivity contribution >= 4 is 0 Å². The lowest BCUT2D eigenvalue weighted by atomic mass is 9.96. The molecule has 0 heterocycles. The predicted molar refractivity (Wildman–Crippen MR) is 67.6 cm³/mol. The van der Waals surface area contributed by atoms with Gasteiger partial charge in [0.25, 0.3) is 0 Å². The van der Waals surface area contributed by atoms with Crippen molar-refractivity contribution in [3.63, 3.8) is 0 Å². The minimum atomic E-state index is 0.152. The van der Waals surface area contributed by atoms with Crippen LogP contribution in [0.25, 0.3) is 0 Å². The van der Waals surface area contributed by atoms with E-state index in [1.54, 1.807) is 11.1 Å². The first-order valence-electron chi connectivity index (χ1n) is 6.65. The summed E-state index contributed by atoms with van der Waals surface area (Å²) >= 11 is 0. The minimum Gasteiger partial charge on any atom is -0.325 e. The monoisotopic (exact) mass is 215 g/mol.